The van der Waals surface area contributed by atoms with E-state index in [1.54, 1.807) is 0 Å². The van der Waals surface area contributed by atoms with Gasteiger partial charge in [0.25, 0.3) is 0 Å². The van der Waals surface area contributed by atoms with Crippen molar-refractivity contribution in [3.63, 3.8) is 0 Å². The molecule has 63 valence electrons. The van der Waals surface area contributed by atoms with Gasteiger partial charge in [0.1, 0.15) is 0 Å². The van der Waals surface area contributed by atoms with Gasteiger partial charge in [-0.3, -0.25) is 4.79 Å². The van der Waals surface area contributed by atoms with E-state index in [-0.39, 0.29) is 0 Å². The van der Waals surface area contributed by atoms with Crippen LogP contribution in [0.2, 0.25) is 0 Å². The molecule has 0 bridgehead atoms. The Morgan fingerprint density at radius 1 is 1.00 bits per heavy atom. The maximum Gasteiger partial charge on any atom is 0.234 e. The van der Waals surface area contributed by atoms with Gasteiger partial charge in [0.15, 0.2) is 0 Å². The highest BCUT2D eigenvalue weighted by Gasteiger charge is 2.06. The molecule has 0 aliphatic rings. The number of hydrogen-bond donors (Lipinski definition) is 0. The lowest BCUT2D eigenvalue weighted by Gasteiger charge is -2.09. The van der Waals surface area contributed by atoms with E-state index in [1.165, 1.54) is 0 Å². The molecule has 0 aliphatic heterocycles. The van der Waals surface area contributed by atoms with Crippen molar-refractivity contribution in [3.8, 4) is 0 Å². The van der Waals surface area contributed by atoms with Gasteiger partial charge in [-0.05, 0) is 49.9 Å². The van der Waals surface area contributed by atoms with Crippen LogP contribution in [0.3, 0.4) is 0 Å². The number of rotatable bonds is 1. The molecule has 1 nitrogen and oxygen atoms in total. The second kappa shape index (κ2) is 3.10. The maximum atomic E-state index is 10.6. The second-order valence-electron chi connectivity index (χ2n) is 3.24. The SMILES string of the molecule is Cc1cc(C)c(C)c([C]=O)c1C. The highest BCUT2D eigenvalue weighted by Crippen LogP contribution is 2.19. The quantitative estimate of drug-likeness (QED) is 0.618. The van der Waals surface area contributed by atoms with Crippen LogP contribution in [-0.2, 0) is 4.79 Å². The van der Waals surface area contributed by atoms with Crippen LogP contribution in [0, 0.1) is 27.7 Å². The largest absolute Gasteiger partial charge is 0.285 e. The Labute approximate surface area is 73.4 Å². The third-order valence-corrected chi connectivity index (χ3v) is 2.47. The summed E-state index contributed by atoms with van der Waals surface area (Å²) in [5.41, 5.74) is 5.15. The molecule has 0 unspecified atom stereocenters. The Hall–Kier alpha value is -1.11. The topological polar surface area (TPSA) is 17.1 Å². The lowest BCUT2D eigenvalue weighted by molar-refractivity contribution is 0.562. The third-order valence-electron chi connectivity index (χ3n) is 2.47. The Morgan fingerprint density at radius 2 is 1.42 bits per heavy atom. The molecule has 1 radical (unpaired) electrons. The van der Waals surface area contributed by atoms with Crippen LogP contribution in [0.1, 0.15) is 27.8 Å². The van der Waals surface area contributed by atoms with Gasteiger partial charge in [-0.2, -0.15) is 0 Å². The Kier molecular flexibility index (Phi) is 2.32. The van der Waals surface area contributed by atoms with Gasteiger partial charge in [0, 0.05) is 5.56 Å². The van der Waals surface area contributed by atoms with E-state index in [4.69, 9.17) is 0 Å². The Balaban J connectivity index is 3.52. The summed E-state index contributed by atoms with van der Waals surface area (Å²) >= 11 is 0. The van der Waals surface area contributed by atoms with Crippen molar-refractivity contribution < 1.29 is 4.79 Å². The molecule has 0 saturated carbocycles. The maximum absolute atomic E-state index is 10.6. The molecule has 0 fully saturated rings. The lowest BCUT2D eigenvalue weighted by atomic mass is 9.95. The molecule has 0 atom stereocenters. The van der Waals surface area contributed by atoms with Crippen LogP contribution in [0.4, 0.5) is 0 Å². The molecule has 0 heterocycles. The summed E-state index contributed by atoms with van der Waals surface area (Å²) in [4.78, 5) is 10.6. The zero-order chi connectivity index (χ0) is 9.30. The van der Waals surface area contributed by atoms with Crippen molar-refractivity contribution in [1.82, 2.24) is 0 Å². The first-order valence-corrected chi connectivity index (χ1v) is 4.03. The fraction of sp³-hybridized carbons (Fsp3) is 0.364. The third kappa shape index (κ3) is 1.27. The normalized spacial score (nSPS) is 10.0. The van der Waals surface area contributed by atoms with Gasteiger partial charge in [0.05, 0.1) is 0 Å². The van der Waals surface area contributed by atoms with Gasteiger partial charge in [-0.15, -0.1) is 0 Å². The summed E-state index contributed by atoms with van der Waals surface area (Å²) in [6.45, 7) is 7.95. The van der Waals surface area contributed by atoms with Crippen molar-refractivity contribution in [2.45, 2.75) is 27.7 Å². The van der Waals surface area contributed by atoms with Gasteiger partial charge >= 0.3 is 0 Å². The fourth-order valence-corrected chi connectivity index (χ4v) is 1.37. The van der Waals surface area contributed by atoms with Crippen LogP contribution in [0.5, 0.6) is 0 Å². The number of aryl methyl sites for hydroxylation is 2. The molecule has 1 aromatic rings. The molecule has 0 saturated heterocycles. The summed E-state index contributed by atoms with van der Waals surface area (Å²) < 4.78 is 0. The molecular weight excluding hydrogens is 148 g/mol. The second-order valence-corrected chi connectivity index (χ2v) is 3.24. The van der Waals surface area contributed by atoms with Gasteiger partial charge < -0.3 is 0 Å². The van der Waals surface area contributed by atoms with E-state index in [0.29, 0.717) is 0 Å². The summed E-state index contributed by atoms with van der Waals surface area (Å²) in [5, 5.41) is 0. The predicted molar refractivity (Wildman–Crippen MR) is 50.2 cm³/mol. The van der Waals surface area contributed by atoms with Crippen LogP contribution in [0.25, 0.3) is 0 Å². The van der Waals surface area contributed by atoms with E-state index in [1.807, 2.05) is 34.0 Å². The van der Waals surface area contributed by atoms with Crippen molar-refractivity contribution in [1.29, 1.82) is 0 Å². The van der Waals surface area contributed by atoms with Crippen LogP contribution < -0.4 is 0 Å². The van der Waals surface area contributed by atoms with Gasteiger partial charge in [0.2, 0.25) is 6.29 Å². The molecule has 0 spiro atoms. The zero-order valence-electron chi connectivity index (χ0n) is 7.99. The molecule has 1 aromatic carbocycles. The molecule has 0 aliphatic carbocycles. The Bertz CT molecular complexity index is 298. The van der Waals surface area contributed by atoms with Crippen molar-refractivity contribution >= 4 is 6.29 Å². The van der Waals surface area contributed by atoms with Crippen molar-refractivity contribution in [2.24, 2.45) is 0 Å². The highest BCUT2D eigenvalue weighted by molar-refractivity contribution is 5.81. The summed E-state index contributed by atoms with van der Waals surface area (Å²) in [5.74, 6) is 0. The minimum absolute atomic E-state index is 0.729. The van der Waals surface area contributed by atoms with E-state index in [0.717, 1.165) is 27.8 Å². The molecule has 0 N–H and O–H groups in total. The first-order valence-electron chi connectivity index (χ1n) is 4.03. The number of carbonyl (C=O) groups excluding carboxylic acids is 1. The predicted octanol–water partition coefficient (Wildman–Crippen LogP) is 2.38. The zero-order valence-corrected chi connectivity index (χ0v) is 7.99. The summed E-state index contributed by atoms with van der Waals surface area (Å²) in [6.07, 6.45) is 2.00. The smallest absolute Gasteiger partial charge is 0.234 e. The molecule has 0 amide bonds. The van der Waals surface area contributed by atoms with Crippen LogP contribution in [0.15, 0.2) is 6.07 Å². The van der Waals surface area contributed by atoms with Crippen molar-refractivity contribution in [2.75, 3.05) is 0 Å². The van der Waals surface area contributed by atoms with E-state index in [2.05, 4.69) is 6.07 Å². The number of hydrogen-bond acceptors (Lipinski definition) is 1. The fourth-order valence-electron chi connectivity index (χ4n) is 1.37. The van der Waals surface area contributed by atoms with E-state index >= 15 is 0 Å². The molecule has 12 heavy (non-hydrogen) atoms. The molecule has 1 rings (SSSR count). The summed E-state index contributed by atoms with van der Waals surface area (Å²) in [6, 6.07) is 2.10. The van der Waals surface area contributed by atoms with Crippen molar-refractivity contribution in [3.05, 3.63) is 33.9 Å². The average molecular weight is 161 g/mol. The molecular formula is C11H13O. The van der Waals surface area contributed by atoms with Gasteiger partial charge in [-0.25, -0.2) is 0 Å². The molecule has 0 aromatic heterocycles. The Morgan fingerprint density at radius 3 is 1.75 bits per heavy atom. The van der Waals surface area contributed by atoms with Crippen LogP contribution >= 0.6 is 0 Å². The van der Waals surface area contributed by atoms with E-state index < -0.39 is 0 Å². The highest BCUT2D eigenvalue weighted by atomic mass is 16.1. The standard InChI is InChI=1S/C11H13O/c1-7-5-8(2)10(4)11(6-12)9(7)3/h5H,1-4H3. The molecule has 1 heteroatoms. The lowest BCUT2D eigenvalue weighted by Crippen LogP contribution is -1.97. The van der Waals surface area contributed by atoms with Crippen LogP contribution in [-0.4, -0.2) is 6.29 Å². The first-order chi connectivity index (χ1) is 5.57. The minimum atomic E-state index is 0.729. The van der Waals surface area contributed by atoms with E-state index in [9.17, 15) is 4.79 Å². The average Bonchev–Trinajstić information content (AvgIpc) is 2.02. The van der Waals surface area contributed by atoms with Gasteiger partial charge in [-0.1, -0.05) is 6.07 Å². The first kappa shape index (κ1) is 8.98. The monoisotopic (exact) mass is 161 g/mol. The number of benzene rings is 1. The summed E-state index contributed by atoms with van der Waals surface area (Å²) in [7, 11) is 0. The minimum Gasteiger partial charge on any atom is -0.285 e.